The third kappa shape index (κ3) is 3.16. The molecule has 0 aromatic heterocycles. The molecule has 4 saturated carbocycles. The molecule has 182 valence electrons. The summed E-state index contributed by atoms with van der Waals surface area (Å²) in [5.41, 5.74) is -2.54. The molecule has 8 heteroatoms. The zero-order valence-electron chi connectivity index (χ0n) is 19.1. The van der Waals surface area contributed by atoms with E-state index in [9.17, 15) is 24.6 Å². The van der Waals surface area contributed by atoms with Crippen LogP contribution in [0.25, 0.3) is 0 Å². The van der Waals surface area contributed by atoms with E-state index in [1.807, 2.05) is 0 Å². The van der Waals surface area contributed by atoms with Gasteiger partial charge in [0, 0.05) is 17.9 Å². The van der Waals surface area contributed by atoms with E-state index in [2.05, 4.69) is 22.9 Å². The summed E-state index contributed by atoms with van der Waals surface area (Å²) >= 11 is 3.11. The molecule has 0 spiro atoms. The van der Waals surface area contributed by atoms with Gasteiger partial charge < -0.3 is 24.5 Å². The summed E-state index contributed by atoms with van der Waals surface area (Å²) < 4.78 is 10.7. The first-order valence-corrected chi connectivity index (χ1v) is 13.3. The molecule has 0 bridgehead atoms. The van der Waals surface area contributed by atoms with Crippen LogP contribution in [-0.2, 0) is 23.9 Å². The molecule has 0 amide bonds. The highest BCUT2D eigenvalue weighted by Crippen LogP contribution is 2.70. The second-order valence-corrected chi connectivity index (χ2v) is 11.8. The third-order valence-corrected chi connectivity index (χ3v) is 10.7. The molecule has 5 rings (SSSR count). The van der Waals surface area contributed by atoms with Crippen LogP contribution in [0.15, 0.2) is 11.6 Å². The van der Waals surface area contributed by atoms with E-state index in [-0.39, 0.29) is 41.4 Å². The van der Waals surface area contributed by atoms with Gasteiger partial charge in [-0.05, 0) is 74.7 Å². The van der Waals surface area contributed by atoms with Crippen LogP contribution in [0.2, 0.25) is 0 Å². The van der Waals surface area contributed by atoms with Crippen LogP contribution in [0.5, 0.6) is 0 Å². The molecule has 4 fully saturated rings. The SMILES string of the molecule is C[C@@]12CC[C@@H]3[C@H](CC[C@]4(O)C[C@H](OC(=O)CBr)CC[C@]34C=O)[C@@]1(O)CC[C@H]2C1=CC(=O)OC1. The molecular weight excluding hydrogens is 492 g/mol. The largest absolute Gasteiger partial charge is 0.462 e. The Morgan fingerprint density at radius 2 is 1.94 bits per heavy atom. The second kappa shape index (κ2) is 7.89. The lowest BCUT2D eigenvalue weighted by atomic mass is 9.41. The number of esters is 2. The molecule has 2 N–H and O–H groups in total. The van der Waals surface area contributed by atoms with E-state index >= 15 is 0 Å². The molecule has 5 aliphatic rings. The first-order valence-electron chi connectivity index (χ1n) is 12.2. The fourth-order valence-corrected chi connectivity index (χ4v) is 8.77. The van der Waals surface area contributed by atoms with Gasteiger partial charge in [-0.2, -0.15) is 0 Å². The van der Waals surface area contributed by atoms with Crippen LogP contribution in [0, 0.1) is 28.6 Å². The summed E-state index contributed by atoms with van der Waals surface area (Å²) in [7, 11) is 0. The highest BCUT2D eigenvalue weighted by atomic mass is 79.9. The van der Waals surface area contributed by atoms with Crippen molar-refractivity contribution in [1.82, 2.24) is 0 Å². The van der Waals surface area contributed by atoms with Crippen molar-refractivity contribution >= 4 is 34.2 Å². The Balaban J connectivity index is 1.44. The summed E-state index contributed by atoms with van der Waals surface area (Å²) in [5, 5.41) is 24.1. The lowest BCUT2D eigenvalue weighted by molar-refractivity contribution is -0.249. The molecule has 0 aromatic rings. The molecule has 33 heavy (non-hydrogen) atoms. The Morgan fingerprint density at radius 1 is 1.18 bits per heavy atom. The van der Waals surface area contributed by atoms with Gasteiger partial charge >= 0.3 is 11.9 Å². The van der Waals surface area contributed by atoms with Crippen molar-refractivity contribution in [2.75, 3.05) is 11.9 Å². The highest BCUT2D eigenvalue weighted by molar-refractivity contribution is 9.09. The molecule has 1 heterocycles. The van der Waals surface area contributed by atoms with Crippen molar-refractivity contribution in [3.05, 3.63) is 11.6 Å². The number of aliphatic hydroxyl groups is 2. The molecule has 0 unspecified atom stereocenters. The molecule has 8 atom stereocenters. The van der Waals surface area contributed by atoms with E-state index in [4.69, 9.17) is 9.47 Å². The van der Waals surface area contributed by atoms with E-state index in [0.29, 0.717) is 38.7 Å². The monoisotopic (exact) mass is 524 g/mol. The molecule has 4 aliphatic carbocycles. The number of halogens is 1. The van der Waals surface area contributed by atoms with Gasteiger partial charge in [0.25, 0.3) is 0 Å². The van der Waals surface area contributed by atoms with E-state index in [0.717, 1.165) is 31.1 Å². The lowest BCUT2D eigenvalue weighted by Gasteiger charge is -2.65. The van der Waals surface area contributed by atoms with Gasteiger partial charge in [-0.3, -0.25) is 4.79 Å². The highest BCUT2D eigenvalue weighted by Gasteiger charge is 2.71. The van der Waals surface area contributed by atoms with Gasteiger partial charge in [-0.1, -0.05) is 22.9 Å². The summed E-state index contributed by atoms with van der Waals surface area (Å²) in [4.78, 5) is 36.2. The third-order valence-electron chi connectivity index (χ3n) is 10.2. The van der Waals surface area contributed by atoms with Crippen LogP contribution >= 0.6 is 15.9 Å². The molecule has 0 radical (unpaired) electrons. The fourth-order valence-electron chi connectivity index (χ4n) is 8.64. The van der Waals surface area contributed by atoms with Crippen molar-refractivity contribution < 1.29 is 34.1 Å². The average molecular weight is 525 g/mol. The minimum Gasteiger partial charge on any atom is -0.462 e. The maximum absolute atomic E-state index is 12.7. The second-order valence-electron chi connectivity index (χ2n) is 11.2. The molecule has 7 nitrogen and oxygen atoms in total. The summed E-state index contributed by atoms with van der Waals surface area (Å²) in [6, 6.07) is 0. The molecule has 0 aromatic carbocycles. The van der Waals surface area contributed by atoms with E-state index in [1.165, 1.54) is 0 Å². The Hall–Kier alpha value is -1.25. The number of cyclic esters (lactones) is 1. The Morgan fingerprint density at radius 3 is 2.61 bits per heavy atom. The minimum atomic E-state index is -1.23. The smallest absolute Gasteiger partial charge is 0.331 e. The number of fused-ring (bicyclic) bond motifs is 5. The summed E-state index contributed by atoms with van der Waals surface area (Å²) in [6.07, 6.45) is 7.33. The van der Waals surface area contributed by atoms with Crippen LogP contribution in [0.4, 0.5) is 0 Å². The Bertz CT molecular complexity index is 903. The summed E-state index contributed by atoms with van der Waals surface area (Å²) in [6.45, 7) is 2.44. The Kier molecular flexibility index (Phi) is 5.61. The van der Waals surface area contributed by atoms with Crippen LogP contribution in [0.1, 0.15) is 64.7 Å². The zero-order chi connectivity index (χ0) is 23.6. The predicted molar refractivity (Wildman–Crippen MR) is 121 cm³/mol. The number of alkyl halides is 1. The van der Waals surface area contributed by atoms with Crippen molar-refractivity contribution in [3.8, 4) is 0 Å². The number of hydrogen-bond acceptors (Lipinski definition) is 7. The predicted octanol–water partition coefficient (Wildman–Crippen LogP) is 2.84. The van der Waals surface area contributed by atoms with Crippen molar-refractivity contribution in [2.24, 2.45) is 28.6 Å². The molecular formula is C25H33BrO7. The van der Waals surface area contributed by atoms with Gasteiger partial charge in [0.1, 0.15) is 24.3 Å². The van der Waals surface area contributed by atoms with Crippen molar-refractivity contribution in [3.63, 3.8) is 0 Å². The van der Waals surface area contributed by atoms with Gasteiger partial charge in [0.2, 0.25) is 0 Å². The van der Waals surface area contributed by atoms with Gasteiger partial charge in [-0.15, -0.1) is 0 Å². The number of carbonyl (C=O) groups excluding carboxylic acids is 3. The van der Waals surface area contributed by atoms with Crippen LogP contribution in [0.3, 0.4) is 0 Å². The topological polar surface area (TPSA) is 110 Å². The lowest BCUT2D eigenvalue weighted by Crippen LogP contribution is -2.69. The quantitative estimate of drug-likeness (QED) is 0.330. The molecule has 0 saturated heterocycles. The summed E-state index contributed by atoms with van der Waals surface area (Å²) in [5.74, 6) is -0.792. The minimum absolute atomic E-state index is 0.0855. The zero-order valence-corrected chi connectivity index (χ0v) is 20.6. The fraction of sp³-hybridized carbons (Fsp3) is 0.800. The maximum Gasteiger partial charge on any atom is 0.331 e. The van der Waals surface area contributed by atoms with E-state index < -0.39 is 28.1 Å². The van der Waals surface area contributed by atoms with Crippen LogP contribution < -0.4 is 0 Å². The average Bonchev–Trinajstić information content (AvgIpc) is 3.33. The Labute approximate surface area is 202 Å². The maximum atomic E-state index is 12.7. The standard InChI is InChI=1S/C25H33BrO7/c1-22-6-3-18-19(25(22,31)9-5-17(22)15-10-20(28)32-13-15)4-8-24(30)11-16(33-21(29)12-26)2-7-23(18,24)14-27/h10,14,16-19,30-31H,2-9,11-13H2,1H3/t16-,17+,18-,19+,22+,23+,24+,25+/m1/s1. The van der Waals surface area contributed by atoms with Crippen LogP contribution in [-0.4, -0.2) is 57.7 Å². The number of rotatable bonds is 4. The first kappa shape index (κ1) is 23.5. The number of hydrogen-bond donors (Lipinski definition) is 2. The first-order chi connectivity index (χ1) is 15.6. The van der Waals surface area contributed by atoms with Crippen molar-refractivity contribution in [2.45, 2.75) is 82.0 Å². The van der Waals surface area contributed by atoms with Gasteiger partial charge in [-0.25, -0.2) is 4.79 Å². The normalized spacial score (nSPS) is 48.7. The van der Waals surface area contributed by atoms with Crippen molar-refractivity contribution in [1.29, 1.82) is 0 Å². The number of ether oxygens (including phenoxy) is 2. The van der Waals surface area contributed by atoms with Gasteiger partial charge in [0.05, 0.1) is 16.6 Å². The van der Waals surface area contributed by atoms with E-state index in [1.54, 1.807) is 6.08 Å². The number of carbonyl (C=O) groups is 3. The number of aldehydes is 1. The molecule has 1 aliphatic heterocycles. The van der Waals surface area contributed by atoms with Gasteiger partial charge in [0.15, 0.2) is 0 Å².